The van der Waals surface area contributed by atoms with Crippen molar-refractivity contribution < 1.29 is 14.3 Å². The molecule has 1 aromatic heterocycles. The molecule has 0 fully saturated rings. The zero-order valence-electron chi connectivity index (χ0n) is 9.76. The van der Waals surface area contributed by atoms with Gasteiger partial charge >= 0.3 is 5.97 Å². The number of anilines is 1. The number of rotatable bonds is 4. The molecule has 0 spiro atoms. The minimum atomic E-state index is -1.04. The first kappa shape index (κ1) is 12.5. The number of hydrogen-bond acceptors (Lipinski definition) is 3. The quantitative estimate of drug-likeness (QED) is 0.922. The first-order valence-electron chi connectivity index (χ1n) is 5.35. The van der Waals surface area contributed by atoms with E-state index in [1.54, 1.807) is 42.5 Å². The maximum atomic E-state index is 11.2. The number of nitrogens with zero attached hydrogens (tertiary/aromatic N) is 1. The third kappa shape index (κ3) is 2.49. The molecule has 18 heavy (non-hydrogen) atoms. The number of halogens is 1. The van der Waals surface area contributed by atoms with E-state index in [-0.39, 0.29) is 10.6 Å². The number of benzene rings is 1. The lowest BCUT2D eigenvalue weighted by molar-refractivity contribution is 0.0697. The Morgan fingerprint density at radius 2 is 2.17 bits per heavy atom. The number of hydrogen-bond donors (Lipinski definition) is 1. The molecule has 2 rings (SSSR count). The zero-order chi connectivity index (χ0) is 13.1. The maximum Gasteiger partial charge on any atom is 0.339 e. The van der Waals surface area contributed by atoms with Crippen LogP contribution in [-0.4, -0.2) is 18.1 Å². The van der Waals surface area contributed by atoms with Gasteiger partial charge in [-0.05, 0) is 24.3 Å². The van der Waals surface area contributed by atoms with Crippen LogP contribution < -0.4 is 4.90 Å². The fraction of sp³-hybridized carbons (Fsp3) is 0.154. The van der Waals surface area contributed by atoms with Gasteiger partial charge in [0.25, 0.3) is 0 Å². The van der Waals surface area contributed by atoms with Crippen molar-refractivity contribution >= 4 is 23.3 Å². The fourth-order valence-corrected chi connectivity index (χ4v) is 2.01. The maximum absolute atomic E-state index is 11.2. The van der Waals surface area contributed by atoms with Crippen LogP contribution in [0.15, 0.2) is 41.0 Å². The van der Waals surface area contributed by atoms with Gasteiger partial charge in [0.2, 0.25) is 0 Å². The fourth-order valence-electron chi connectivity index (χ4n) is 1.76. The number of carbonyl (C=O) groups is 1. The second-order valence-electron chi connectivity index (χ2n) is 3.87. The van der Waals surface area contributed by atoms with E-state index in [9.17, 15) is 9.90 Å². The molecular formula is C13H12ClNO3. The Labute approximate surface area is 109 Å². The molecule has 1 N–H and O–H groups in total. The van der Waals surface area contributed by atoms with Gasteiger partial charge in [-0.1, -0.05) is 17.7 Å². The standard InChI is InChI=1S/C13H12ClNO3/c1-15(8-9-4-3-7-18-9)11-6-2-5-10(14)12(11)13(16)17/h2-7H,8H2,1H3,(H,16,17). The second-order valence-corrected chi connectivity index (χ2v) is 4.28. The molecule has 0 saturated heterocycles. The smallest absolute Gasteiger partial charge is 0.339 e. The van der Waals surface area contributed by atoms with E-state index in [2.05, 4.69) is 0 Å². The van der Waals surface area contributed by atoms with Gasteiger partial charge in [0.15, 0.2) is 0 Å². The number of carboxylic acids is 1. The van der Waals surface area contributed by atoms with Crippen LogP contribution in [0.5, 0.6) is 0 Å². The van der Waals surface area contributed by atoms with E-state index >= 15 is 0 Å². The second kappa shape index (κ2) is 5.14. The first-order chi connectivity index (χ1) is 8.59. The van der Waals surface area contributed by atoms with Gasteiger partial charge < -0.3 is 14.4 Å². The van der Waals surface area contributed by atoms with Crippen LogP contribution in [0.2, 0.25) is 5.02 Å². The third-order valence-corrected chi connectivity index (χ3v) is 2.90. The molecule has 0 radical (unpaired) electrons. The van der Waals surface area contributed by atoms with Gasteiger partial charge in [0, 0.05) is 7.05 Å². The Hall–Kier alpha value is -1.94. The molecule has 0 amide bonds. The number of carboxylic acid groups (broad SMARTS) is 1. The largest absolute Gasteiger partial charge is 0.478 e. The summed E-state index contributed by atoms with van der Waals surface area (Å²) in [5, 5.41) is 9.41. The Morgan fingerprint density at radius 1 is 1.39 bits per heavy atom. The molecule has 0 saturated carbocycles. The highest BCUT2D eigenvalue weighted by atomic mass is 35.5. The summed E-state index contributed by atoms with van der Waals surface area (Å²) in [6.45, 7) is 0.480. The molecule has 94 valence electrons. The van der Waals surface area contributed by atoms with Crippen LogP contribution in [0.4, 0.5) is 5.69 Å². The summed E-state index contributed by atoms with van der Waals surface area (Å²) in [4.78, 5) is 13.0. The van der Waals surface area contributed by atoms with Crippen molar-refractivity contribution in [1.82, 2.24) is 0 Å². The lowest BCUT2D eigenvalue weighted by Gasteiger charge is -2.20. The van der Waals surface area contributed by atoms with Gasteiger partial charge in [0.1, 0.15) is 11.3 Å². The summed E-state index contributed by atoms with van der Waals surface area (Å²) in [5.74, 6) is -0.282. The zero-order valence-corrected chi connectivity index (χ0v) is 10.5. The topological polar surface area (TPSA) is 53.7 Å². The van der Waals surface area contributed by atoms with Gasteiger partial charge in [-0.2, -0.15) is 0 Å². The van der Waals surface area contributed by atoms with E-state index in [0.717, 1.165) is 5.76 Å². The van der Waals surface area contributed by atoms with Crippen molar-refractivity contribution in [1.29, 1.82) is 0 Å². The van der Waals surface area contributed by atoms with Gasteiger partial charge in [-0.3, -0.25) is 0 Å². The SMILES string of the molecule is CN(Cc1ccco1)c1cccc(Cl)c1C(=O)O. The highest BCUT2D eigenvalue weighted by Crippen LogP contribution is 2.27. The van der Waals surface area contributed by atoms with Crippen LogP contribution in [-0.2, 0) is 6.54 Å². The van der Waals surface area contributed by atoms with Gasteiger partial charge in [-0.15, -0.1) is 0 Å². The number of furan rings is 1. The van der Waals surface area contributed by atoms with Gasteiger partial charge in [0.05, 0.1) is 23.5 Å². The van der Waals surface area contributed by atoms with E-state index in [1.165, 1.54) is 0 Å². The van der Waals surface area contributed by atoms with Crippen LogP contribution in [0, 0.1) is 0 Å². The van der Waals surface area contributed by atoms with E-state index in [1.807, 2.05) is 6.07 Å². The molecule has 5 heteroatoms. The summed E-state index contributed by atoms with van der Waals surface area (Å²) in [6, 6.07) is 8.64. The Balaban J connectivity index is 2.32. The number of aromatic carboxylic acids is 1. The summed E-state index contributed by atoms with van der Waals surface area (Å²) in [7, 11) is 1.79. The normalized spacial score (nSPS) is 10.3. The summed E-state index contributed by atoms with van der Waals surface area (Å²) in [6.07, 6.45) is 1.58. The monoisotopic (exact) mass is 265 g/mol. The average molecular weight is 266 g/mol. The summed E-state index contributed by atoms with van der Waals surface area (Å²) in [5.41, 5.74) is 0.666. The van der Waals surface area contributed by atoms with E-state index in [4.69, 9.17) is 16.0 Å². The molecule has 4 nitrogen and oxygen atoms in total. The predicted octanol–water partition coefficient (Wildman–Crippen LogP) is 3.27. The molecular weight excluding hydrogens is 254 g/mol. The minimum absolute atomic E-state index is 0.105. The van der Waals surface area contributed by atoms with E-state index < -0.39 is 5.97 Å². The van der Waals surface area contributed by atoms with E-state index in [0.29, 0.717) is 12.2 Å². The van der Waals surface area contributed by atoms with Crippen molar-refractivity contribution in [3.8, 4) is 0 Å². The molecule has 0 atom stereocenters. The first-order valence-corrected chi connectivity index (χ1v) is 5.72. The molecule has 0 bridgehead atoms. The summed E-state index contributed by atoms with van der Waals surface area (Å²) >= 11 is 5.92. The highest BCUT2D eigenvalue weighted by molar-refractivity contribution is 6.34. The van der Waals surface area contributed by atoms with Gasteiger partial charge in [-0.25, -0.2) is 4.79 Å². The predicted molar refractivity (Wildman–Crippen MR) is 69.2 cm³/mol. The lowest BCUT2D eigenvalue weighted by atomic mass is 10.1. The summed E-state index contributed by atoms with van der Waals surface area (Å²) < 4.78 is 5.23. The van der Waals surface area contributed by atoms with Crippen molar-refractivity contribution in [3.05, 3.63) is 52.9 Å². The molecule has 1 heterocycles. The third-order valence-electron chi connectivity index (χ3n) is 2.59. The van der Waals surface area contributed by atoms with Crippen molar-refractivity contribution in [2.75, 3.05) is 11.9 Å². The Kier molecular flexibility index (Phi) is 3.58. The van der Waals surface area contributed by atoms with Crippen LogP contribution >= 0.6 is 11.6 Å². The van der Waals surface area contributed by atoms with Crippen LogP contribution in [0.3, 0.4) is 0 Å². The van der Waals surface area contributed by atoms with Crippen molar-refractivity contribution in [2.24, 2.45) is 0 Å². The van der Waals surface area contributed by atoms with Crippen molar-refractivity contribution in [3.63, 3.8) is 0 Å². The van der Waals surface area contributed by atoms with Crippen molar-refractivity contribution in [2.45, 2.75) is 6.54 Å². The average Bonchev–Trinajstić information content (AvgIpc) is 2.80. The molecule has 1 aromatic carbocycles. The Morgan fingerprint density at radius 3 is 2.78 bits per heavy atom. The molecule has 0 aliphatic heterocycles. The molecule has 0 aliphatic carbocycles. The van der Waals surface area contributed by atoms with Crippen LogP contribution in [0.25, 0.3) is 0 Å². The Bertz CT molecular complexity index is 551. The van der Waals surface area contributed by atoms with Crippen LogP contribution in [0.1, 0.15) is 16.1 Å². The highest BCUT2D eigenvalue weighted by Gasteiger charge is 2.17. The molecule has 2 aromatic rings. The molecule has 0 aliphatic rings. The minimum Gasteiger partial charge on any atom is -0.478 e. The lowest BCUT2D eigenvalue weighted by Crippen LogP contribution is -2.19. The molecule has 0 unspecified atom stereocenters.